The quantitative estimate of drug-likeness (QED) is 0.0498. The SMILES string of the molecule is Cc1c(C(=O)c2ccccc2OCc2ccccc2)ccc(C(=O)O[C@@]2(O[Si](C)(C)C(C)(C)C)CCCN(C(=O)OC(C)(C)C)C[C@H]2NC(=O)c2ccccc2)c1N. The van der Waals surface area contributed by atoms with Crippen LogP contribution in [0.2, 0.25) is 18.1 Å². The summed E-state index contributed by atoms with van der Waals surface area (Å²) in [5.74, 6) is -2.86. The number of carbonyl (C=O) groups excluding carboxylic acids is 4. The van der Waals surface area contributed by atoms with Gasteiger partial charge in [-0.05, 0) is 99.8 Å². The number of para-hydroxylation sites is 1. The van der Waals surface area contributed by atoms with E-state index < -0.39 is 43.7 Å². The summed E-state index contributed by atoms with van der Waals surface area (Å²) in [5, 5.41) is 2.75. The molecule has 1 fully saturated rings. The molecule has 2 amide bonds. The lowest BCUT2D eigenvalue weighted by molar-refractivity contribution is -0.174. The standard InChI is InChI=1S/C46H57N3O8Si/c1-31-34(40(50)35-23-16-17-24-37(35)54-30-32-19-12-10-13-20-32)25-26-36(39(31)47)42(52)55-46(57-58(8,9)45(5,6)7)27-18-28-49(43(53)56-44(2,3)4)29-38(46)48-41(51)33-21-14-11-15-22-33/h10-17,19-26,38H,18,27-30,47H2,1-9H3,(H,48,51)/t38-,46-/m1/s1. The highest BCUT2D eigenvalue weighted by Crippen LogP contribution is 2.43. The van der Waals surface area contributed by atoms with Crippen LogP contribution in [0.1, 0.15) is 102 Å². The van der Waals surface area contributed by atoms with E-state index in [4.69, 9.17) is 24.4 Å². The molecule has 12 heteroatoms. The van der Waals surface area contributed by atoms with Gasteiger partial charge in [-0.1, -0.05) is 81.4 Å². The van der Waals surface area contributed by atoms with E-state index in [9.17, 15) is 19.2 Å². The number of amides is 2. The minimum atomic E-state index is -2.79. The minimum absolute atomic E-state index is 0.0299. The second-order valence-electron chi connectivity index (χ2n) is 17.3. The Labute approximate surface area is 343 Å². The first-order valence-corrected chi connectivity index (χ1v) is 22.6. The van der Waals surface area contributed by atoms with Gasteiger partial charge in [0.05, 0.1) is 17.7 Å². The van der Waals surface area contributed by atoms with Gasteiger partial charge in [0.2, 0.25) is 5.79 Å². The summed E-state index contributed by atoms with van der Waals surface area (Å²) >= 11 is 0. The van der Waals surface area contributed by atoms with Gasteiger partial charge in [-0.15, -0.1) is 0 Å². The highest BCUT2D eigenvalue weighted by atomic mass is 28.4. The van der Waals surface area contributed by atoms with Crippen LogP contribution >= 0.6 is 0 Å². The predicted molar refractivity (Wildman–Crippen MR) is 227 cm³/mol. The normalized spacial score (nSPS) is 17.5. The molecule has 0 aliphatic carbocycles. The van der Waals surface area contributed by atoms with Gasteiger partial charge < -0.3 is 34.6 Å². The average Bonchev–Trinajstić information content (AvgIpc) is 3.33. The van der Waals surface area contributed by atoms with Crippen LogP contribution in [0.4, 0.5) is 10.5 Å². The van der Waals surface area contributed by atoms with E-state index in [0.717, 1.165) is 5.56 Å². The molecule has 1 saturated heterocycles. The molecule has 0 unspecified atom stereocenters. The molecule has 1 heterocycles. The Bertz CT molecular complexity index is 2110. The lowest BCUT2D eigenvalue weighted by Crippen LogP contribution is -2.64. The number of carbonyl (C=O) groups is 4. The van der Waals surface area contributed by atoms with Crippen LogP contribution in [0.25, 0.3) is 0 Å². The summed E-state index contributed by atoms with van der Waals surface area (Å²) in [6, 6.07) is 27.4. The molecule has 308 valence electrons. The average molecular weight is 808 g/mol. The molecule has 1 aliphatic rings. The maximum absolute atomic E-state index is 14.6. The summed E-state index contributed by atoms with van der Waals surface area (Å²) in [6.45, 7) is 17.8. The fraction of sp³-hybridized carbons (Fsp3) is 0.391. The number of nitrogens with zero attached hydrogens (tertiary/aromatic N) is 1. The van der Waals surface area contributed by atoms with Crippen LogP contribution in [-0.4, -0.2) is 67.5 Å². The summed E-state index contributed by atoms with van der Waals surface area (Å²) in [6.07, 6.45) is -0.0421. The molecule has 11 nitrogen and oxygen atoms in total. The van der Waals surface area contributed by atoms with Gasteiger partial charge in [-0.3, -0.25) is 9.59 Å². The number of ketones is 1. The van der Waals surface area contributed by atoms with Gasteiger partial charge in [0.15, 0.2) is 14.1 Å². The molecule has 2 atom stereocenters. The first kappa shape index (κ1) is 43.7. The lowest BCUT2D eigenvalue weighted by Gasteiger charge is -2.47. The smallest absolute Gasteiger partial charge is 0.410 e. The van der Waals surface area contributed by atoms with Gasteiger partial charge in [0.25, 0.3) is 5.91 Å². The van der Waals surface area contributed by atoms with Gasteiger partial charge in [0.1, 0.15) is 24.0 Å². The third-order valence-corrected chi connectivity index (χ3v) is 15.2. The first-order valence-electron chi connectivity index (χ1n) is 19.7. The van der Waals surface area contributed by atoms with E-state index in [-0.39, 0.29) is 48.2 Å². The number of rotatable bonds is 11. The zero-order chi connectivity index (χ0) is 42.5. The molecule has 0 aromatic heterocycles. The number of nitrogens with two attached hydrogens (primary N) is 1. The van der Waals surface area contributed by atoms with Crippen molar-refractivity contribution in [3.05, 3.63) is 130 Å². The third kappa shape index (κ3) is 10.3. The number of hydrogen-bond donors (Lipinski definition) is 2. The Morgan fingerprint density at radius 3 is 2.07 bits per heavy atom. The number of hydrogen-bond acceptors (Lipinski definition) is 9. The van der Waals surface area contributed by atoms with Crippen molar-refractivity contribution in [3.8, 4) is 5.75 Å². The monoisotopic (exact) mass is 807 g/mol. The van der Waals surface area contributed by atoms with Crippen molar-refractivity contribution in [2.75, 3.05) is 18.8 Å². The number of nitrogens with one attached hydrogen (secondary N) is 1. The van der Waals surface area contributed by atoms with Crippen LogP contribution in [0, 0.1) is 6.92 Å². The summed E-state index contributed by atoms with van der Waals surface area (Å²) in [4.78, 5) is 57.6. The first-order chi connectivity index (χ1) is 27.2. The minimum Gasteiger partial charge on any atom is -0.488 e. The molecular formula is C46H57N3O8Si. The van der Waals surface area contributed by atoms with Crippen molar-refractivity contribution in [1.82, 2.24) is 10.2 Å². The fourth-order valence-electron chi connectivity index (χ4n) is 6.50. The van der Waals surface area contributed by atoms with E-state index >= 15 is 0 Å². The van der Waals surface area contributed by atoms with Crippen molar-refractivity contribution >= 4 is 37.8 Å². The molecule has 4 aromatic rings. The molecule has 3 N–H and O–H groups in total. The van der Waals surface area contributed by atoms with Gasteiger partial charge in [-0.25, -0.2) is 9.59 Å². The topological polar surface area (TPSA) is 146 Å². The van der Waals surface area contributed by atoms with Crippen LogP contribution in [-0.2, 0) is 20.5 Å². The summed E-state index contributed by atoms with van der Waals surface area (Å²) in [7, 11) is -2.79. The van der Waals surface area contributed by atoms with Crippen molar-refractivity contribution in [3.63, 3.8) is 0 Å². The largest absolute Gasteiger partial charge is 0.488 e. The molecule has 5 rings (SSSR count). The highest BCUT2D eigenvalue weighted by Gasteiger charge is 2.54. The Balaban J connectivity index is 1.52. The maximum Gasteiger partial charge on any atom is 0.410 e. The molecule has 58 heavy (non-hydrogen) atoms. The Morgan fingerprint density at radius 1 is 0.828 bits per heavy atom. The Hall–Kier alpha value is -5.46. The predicted octanol–water partition coefficient (Wildman–Crippen LogP) is 9.09. The molecule has 0 bridgehead atoms. The lowest BCUT2D eigenvalue weighted by atomic mass is 9.95. The number of benzene rings is 4. The van der Waals surface area contributed by atoms with E-state index in [1.54, 1.807) is 82.3 Å². The van der Waals surface area contributed by atoms with Crippen molar-refractivity contribution in [2.45, 2.75) is 103 Å². The van der Waals surface area contributed by atoms with Gasteiger partial charge in [0, 0.05) is 29.8 Å². The number of likely N-dealkylation sites (tertiary alicyclic amines) is 1. The second kappa shape index (κ2) is 17.6. The van der Waals surface area contributed by atoms with Crippen molar-refractivity contribution < 1.29 is 37.8 Å². The number of esters is 1. The number of nitrogen functional groups attached to an aromatic ring is 1. The van der Waals surface area contributed by atoms with Crippen molar-refractivity contribution in [1.29, 1.82) is 0 Å². The third-order valence-electron chi connectivity index (χ3n) is 10.7. The second-order valence-corrected chi connectivity index (χ2v) is 22.0. The maximum atomic E-state index is 14.6. The van der Waals surface area contributed by atoms with E-state index in [2.05, 4.69) is 26.1 Å². The molecule has 1 aliphatic heterocycles. The Morgan fingerprint density at radius 2 is 1.43 bits per heavy atom. The molecule has 0 saturated carbocycles. The Kier molecular flexibility index (Phi) is 13.2. The van der Waals surface area contributed by atoms with Crippen molar-refractivity contribution in [2.24, 2.45) is 0 Å². The summed E-state index contributed by atoms with van der Waals surface area (Å²) in [5.41, 5.74) is 8.41. The number of ether oxygens (including phenoxy) is 3. The van der Waals surface area contributed by atoms with Crippen LogP contribution in [0.5, 0.6) is 5.75 Å². The zero-order valence-corrected chi connectivity index (χ0v) is 36.1. The fourth-order valence-corrected chi connectivity index (χ4v) is 7.95. The molecule has 0 radical (unpaired) electrons. The van der Waals surface area contributed by atoms with E-state index in [0.29, 0.717) is 34.4 Å². The van der Waals surface area contributed by atoms with E-state index in [1.165, 1.54) is 11.0 Å². The number of anilines is 1. The highest BCUT2D eigenvalue weighted by molar-refractivity contribution is 6.74. The molecule has 4 aromatic carbocycles. The molecule has 0 spiro atoms. The van der Waals surface area contributed by atoms with Gasteiger partial charge in [-0.2, -0.15) is 0 Å². The molecular weight excluding hydrogens is 751 g/mol. The van der Waals surface area contributed by atoms with E-state index in [1.807, 2.05) is 49.5 Å². The van der Waals surface area contributed by atoms with Crippen LogP contribution < -0.4 is 15.8 Å². The zero-order valence-electron chi connectivity index (χ0n) is 35.1. The van der Waals surface area contributed by atoms with Gasteiger partial charge >= 0.3 is 12.1 Å². The summed E-state index contributed by atoms with van der Waals surface area (Å²) < 4.78 is 25.5. The van der Waals surface area contributed by atoms with Crippen LogP contribution in [0.3, 0.4) is 0 Å². The van der Waals surface area contributed by atoms with Crippen LogP contribution in [0.15, 0.2) is 97.1 Å².